The average molecular weight is 210 g/mol. The minimum absolute atomic E-state index is 0.0237. The highest BCUT2D eigenvalue weighted by atomic mass is 16.4. The second-order valence-corrected chi connectivity index (χ2v) is 3.17. The van der Waals surface area contributed by atoms with Crippen molar-refractivity contribution in [3.05, 3.63) is 27.6 Å². The first-order valence-electron chi connectivity index (χ1n) is 4.54. The van der Waals surface area contributed by atoms with E-state index in [9.17, 15) is 14.7 Å². The van der Waals surface area contributed by atoms with E-state index in [1.54, 1.807) is 0 Å². The molecular formula is C9H10N2O4. The molecule has 1 amide bonds. The quantitative estimate of drug-likeness (QED) is 0.588. The van der Waals surface area contributed by atoms with Gasteiger partial charge in [-0.3, -0.25) is 4.79 Å². The molecular weight excluding hydrogens is 200 g/mol. The molecule has 2 heterocycles. The molecule has 1 aliphatic heterocycles. The minimum atomic E-state index is -1.22. The van der Waals surface area contributed by atoms with Crippen LogP contribution in [0.4, 0.5) is 5.88 Å². The maximum atomic E-state index is 11.5. The molecule has 15 heavy (non-hydrogen) atoms. The number of aryl methyl sites for hydroxylation is 1. The summed E-state index contributed by atoms with van der Waals surface area (Å²) in [5, 5.41) is 13.9. The van der Waals surface area contributed by atoms with Gasteiger partial charge in [0.1, 0.15) is 5.56 Å². The zero-order valence-corrected chi connectivity index (χ0v) is 8.03. The van der Waals surface area contributed by atoms with Crippen molar-refractivity contribution in [2.45, 2.75) is 19.7 Å². The fraction of sp³-hybridized carbons (Fsp3) is 0.333. The van der Waals surface area contributed by atoms with Gasteiger partial charge in [-0.15, -0.1) is 0 Å². The highest BCUT2D eigenvalue weighted by molar-refractivity contribution is 6.01. The van der Waals surface area contributed by atoms with Crippen LogP contribution in [0.25, 0.3) is 0 Å². The first-order chi connectivity index (χ1) is 7.11. The van der Waals surface area contributed by atoms with Crippen LogP contribution in [0.15, 0.2) is 15.3 Å². The van der Waals surface area contributed by atoms with Crippen molar-refractivity contribution >= 4 is 11.8 Å². The Labute approximate surface area is 84.9 Å². The molecule has 0 spiro atoms. The Bertz CT molecular complexity index is 466. The van der Waals surface area contributed by atoms with Gasteiger partial charge < -0.3 is 20.2 Å². The van der Waals surface area contributed by atoms with Crippen LogP contribution in [-0.4, -0.2) is 17.4 Å². The molecule has 2 rings (SSSR count). The van der Waals surface area contributed by atoms with Gasteiger partial charge in [0.15, 0.2) is 0 Å². The number of anilines is 1. The first-order valence-corrected chi connectivity index (χ1v) is 4.54. The molecule has 0 saturated carbocycles. The second-order valence-electron chi connectivity index (χ2n) is 3.17. The Morgan fingerprint density at radius 3 is 2.87 bits per heavy atom. The molecule has 1 aliphatic rings. The van der Waals surface area contributed by atoms with E-state index in [1.165, 1.54) is 6.07 Å². The number of hydrogen-bond acceptors (Lipinski definition) is 5. The van der Waals surface area contributed by atoms with Crippen molar-refractivity contribution in [3.8, 4) is 0 Å². The fourth-order valence-corrected chi connectivity index (χ4v) is 1.53. The number of nitrogens with one attached hydrogen (secondary N) is 2. The van der Waals surface area contributed by atoms with Crippen LogP contribution in [0.1, 0.15) is 22.8 Å². The summed E-state index contributed by atoms with van der Waals surface area (Å²) in [5.74, 6) is -0.424. The van der Waals surface area contributed by atoms with Gasteiger partial charge in [-0.05, 0) is 12.0 Å². The van der Waals surface area contributed by atoms with Gasteiger partial charge in [0.2, 0.25) is 12.2 Å². The molecule has 0 radical (unpaired) electrons. The van der Waals surface area contributed by atoms with E-state index >= 15 is 0 Å². The Morgan fingerprint density at radius 2 is 2.20 bits per heavy atom. The lowest BCUT2D eigenvalue weighted by Gasteiger charge is -2.23. The molecule has 1 unspecified atom stereocenters. The van der Waals surface area contributed by atoms with Crippen LogP contribution in [0.3, 0.4) is 0 Å². The van der Waals surface area contributed by atoms with Gasteiger partial charge in [0, 0.05) is 6.07 Å². The lowest BCUT2D eigenvalue weighted by Crippen LogP contribution is -2.45. The van der Waals surface area contributed by atoms with E-state index in [0.717, 1.165) is 0 Å². The number of aliphatic hydroxyl groups is 1. The number of carbonyl (C=O) groups is 1. The number of rotatable bonds is 1. The van der Waals surface area contributed by atoms with Crippen molar-refractivity contribution in [2.24, 2.45) is 0 Å². The highest BCUT2D eigenvalue weighted by Crippen LogP contribution is 2.21. The zero-order chi connectivity index (χ0) is 11.0. The summed E-state index contributed by atoms with van der Waals surface area (Å²) < 4.78 is 4.80. The van der Waals surface area contributed by atoms with Crippen LogP contribution < -0.4 is 16.3 Å². The molecule has 6 nitrogen and oxygen atoms in total. The largest absolute Gasteiger partial charge is 0.406 e. The van der Waals surface area contributed by atoms with Crippen LogP contribution in [0.2, 0.25) is 0 Å². The van der Waals surface area contributed by atoms with Gasteiger partial charge in [0.05, 0.1) is 0 Å². The Morgan fingerprint density at radius 1 is 1.47 bits per heavy atom. The monoisotopic (exact) mass is 210 g/mol. The SMILES string of the molecule is CCc1cc(=O)oc2c1C(=O)NC(O)N2. The van der Waals surface area contributed by atoms with E-state index < -0.39 is 17.9 Å². The number of fused-ring (bicyclic) bond motifs is 1. The van der Waals surface area contributed by atoms with E-state index in [1.807, 2.05) is 6.92 Å². The lowest BCUT2D eigenvalue weighted by atomic mass is 10.1. The van der Waals surface area contributed by atoms with Crippen LogP contribution >= 0.6 is 0 Å². The van der Waals surface area contributed by atoms with E-state index in [4.69, 9.17) is 4.42 Å². The summed E-state index contributed by atoms with van der Waals surface area (Å²) in [4.78, 5) is 22.6. The Hall–Kier alpha value is -1.82. The summed E-state index contributed by atoms with van der Waals surface area (Å²) >= 11 is 0. The molecule has 80 valence electrons. The van der Waals surface area contributed by atoms with Gasteiger partial charge in [-0.2, -0.15) is 0 Å². The molecule has 1 aromatic rings. The molecule has 1 atom stereocenters. The number of carbonyl (C=O) groups excluding carboxylic acids is 1. The summed E-state index contributed by atoms with van der Waals surface area (Å²) in [7, 11) is 0. The topological polar surface area (TPSA) is 91.6 Å². The van der Waals surface area contributed by atoms with Crippen LogP contribution in [-0.2, 0) is 6.42 Å². The summed E-state index contributed by atoms with van der Waals surface area (Å²) in [6, 6.07) is 1.28. The second kappa shape index (κ2) is 3.39. The molecule has 3 N–H and O–H groups in total. The van der Waals surface area contributed by atoms with Gasteiger partial charge in [-0.25, -0.2) is 4.79 Å². The maximum absolute atomic E-state index is 11.5. The number of hydrogen-bond donors (Lipinski definition) is 3. The van der Waals surface area contributed by atoms with E-state index in [0.29, 0.717) is 12.0 Å². The summed E-state index contributed by atoms with van der Waals surface area (Å²) in [6.07, 6.45) is -0.681. The summed E-state index contributed by atoms with van der Waals surface area (Å²) in [5.41, 5.74) is 0.334. The van der Waals surface area contributed by atoms with Crippen molar-refractivity contribution in [2.75, 3.05) is 5.32 Å². The van der Waals surface area contributed by atoms with E-state index in [2.05, 4.69) is 10.6 Å². The van der Waals surface area contributed by atoms with Crippen LogP contribution in [0.5, 0.6) is 0 Å². The third-order valence-corrected chi connectivity index (χ3v) is 2.19. The Kier molecular flexibility index (Phi) is 2.20. The average Bonchev–Trinajstić information content (AvgIpc) is 2.14. The number of amides is 1. The van der Waals surface area contributed by atoms with Crippen molar-refractivity contribution in [1.82, 2.24) is 5.32 Å². The molecule has 0 fully saturated rings. The van der Waals surface area contributed by atoms with Gasteiger partial charge in [-0.1, -0.05) is 6.92 Å². The zero-order valence-electron chi connectivity index (χ0n) is 8.03. The predicted molar refractivity (Wildman–Crippen MR) is 51.5 cm³/mol. The van der Waals surface area contributed by atoms with Crippen molar-refractivity contribution in [3.63, 3.8) is 0 Å². The first kappa shape index (κ1) is 9.72. The lowest BCUT2D eigenvalue weighted by molar-refractivity contribution is 0.0801. The third-order valence-electron chi connectivity index (χ3n) is 2.19. The van der Waals surface area contributed by atoms with E-state index in [-0.39, 0.29) is 11.4 Å². The fourth-order valence-electron chi connectivity index (χ4n) is 1.53. The minimum Gasteiger partial charge on any atom is -0.406 e. The highest BCUT2D eigenvalue weighted by Gasteiger charge is 2.26. The number of aliphatic hydroxyl groups excluding tert-OH is 1. The third kappa shape index (κ3) is 1.59. The normalized spacial score (nSPS) is 19.1. The predicted octanol–water partition coefficient (Wildman–Crippen LogP) is -0.367. The van der Waals surface area contributed by atoms with Gasteiger partial charge >= 0.3 is 5.63 Å². The maximum Gasteiger partial charge on any atom is 0.337 e. The van der Waals surface area contributed by atoms with Crippen LogP contribution in [0, 0.1) is 0 Å². The molecule has 0 bridgehead atoms. The molecule has 0 aromatic carbocycles. The van der Waals surface area contributed by atoms with Gasteiger partial charge in [0.25, 0.3) is 5.91 Å². The molecule has 0 aliphatic carbocycles. The molecule has 6 heteroatoms. The molecule has 1 aromatic heterocycles. The summed E-state index contributed by atoms with van der Waals surface area (Å²) in [6.45, 7) is 1.83. The molecule has 0 saturated heterocycles. The van der Waals surface area contributed by atoms with Crippen molar-refractivity contribution < 1.29 is 14.3 Å². The smallest absolute Gasteiger partial charge is 0.337 e. The van der Waals surface area contributed by atoms with Crippen molar-refractivity contribution in [1.29, 1.82) is 0 Å². The Balaban J connectivity index is 2.63. The standard InChI is InChI=1S/C9H10N2O4/c1-2-4-3-5(12)15-8-6(4)7(13)10-9(14)11-8/h3,9,11,14H,2H2,1H3,(H,10,13).